The van der Waals surface area contributed by atoms with Gasteiger partial charge in [0.05, 0.1) is 19.1 Å². The predicted molar refractivity (Wildman–Crippen MR) is 74.2 cm³/mol. The molecule has 1 rings (SSSR count). The highest BCUT2D eigenvalue weighted by atomic mass is 16.5. The second-order valence-electron chi connectivity index (χ2n) is 4.96. The summed E-state index contributed by atoms with van der Waals surface area (Å²) < 4.78 is 5.48. The number of urea groups is 1. The minimum Gasteiger partial charge on any atom is -0.481 e. The van der Waals surface area contributed by atoms with Gasteiger partial charge in [0.25, 0.3) is 0 Å². The molecule has 1 aliphatic heterocycles. The number of carboxylic acid groups (broad SMARTS) is 1. The molecule has 20 heavy (non-hydrogen) atoms. The van der Waals surface area contributed by atoms with Crippen molar-refractivity contribution in [3.8, 4) is 12.3 Å². The molecule has 1 heterocycles. The standard InChI is InChI=1S/C14H22N2O4/c1-3-4-11(2)15-14(19)16-8-5-12(6-9-16)20-10-7-13(17)18/h1,11-12H,4-10H2,2H3,(H,15,19)(H,17,18). The first-order valence-corrected chi connectivity index (χ1v) is 6.85. The Balaban J connectivity index is 2.22. The van der Waals surface area contributed by atoms with Crippen LogP contribution in [-0.2, 0) is 9.53 Å². The molecule has 0 aromatic carbocycles. The van der Waals surface area contributed by atoms with Crippen LogP contribution in [-0.4, -0.2) is 53.8 Å². The first-order chi connectivity index (χ1) is 9.52. The lowest BCUT2D eigenvalue weighted by molar-refractivity contribution is -0.138. The van der Waals surface area contributed by atoms with Crippen LogP contribution in [0.2, 0.25) is 0 Å². The zero-order valence-corrected chi connectivity index (χ0v) is 11.8. The van der Waals surface area contributed by atoms with Gasteiger partial charge in [0.15, 0.2) is 0 Å². The minimum absolute atomic E-state index is 0.0182. The fraction of sp³-hybridized carbons (Fsp3) is 0.714. The van der Waals surface area contributed by atoms with Gasteiger partial charge >= 0.3 is 12.0 Å². The smallest absolute Gasteiger partial charge is 0.317 e. The van der Waals surface area contributed by atoms with Crippen molar-refractivity contribution in [2.45, 2.75) is 44.8 Å². The number of ether oxygens (including phenoxy) is 1. The summed E-state index contributed by atoms with van der Waals surface area (Å²) in [6.45, 7) is 3.34. The lowest BCUT2D eigenvalue weighted by atomic mass is 10.1. The van der Waals surface area contributed by atoms with Crippen molar-refractivity contribution >= 4 is 12.0 Å². The summed E-state index contributed by atoms with van der Waals surface area (Å²) in [6.07, 6.45) is 7.24. The number of terminal acetylenes is 1. The number of rotatable bonds is 6. The molecule has 0 spiro atoms. The summed E-state index contributed by atoms with van der Waals surface area (Å²) in [6, 6.07) is -0.131. The first-order valence-electron chi connectivity index (χ1n) is 6.85. The number of carbonyl (C=O) groups is 2. The number of nitrogens with zero attached hydrogens (tertiary/aromatic N) is 1. The number of hydrogen-bond donors (Lipinski definition) is 2. The van der Waals surface area contributed by atoms with Gasteiger partial charge in [-0.25, -0.2) is 4.79 Å². The van der Waals surface area contributed by atoms with Crippen molar-refractivity contribution in [3.63, 3.8) is 0 Å². The van der Waals surface area contributed by atoms with Crippen molar-refractivity contribution in [3.05, 3.63) is 0 Å². The zero-order chi connectivity index (χ0) is 15.0. The molecule has 0 aromatic rings. The summed E-state index contributed by atoms with van der Waals surface area (Å²) in [5.74, 6) is 1.66. The van der Waals surface area contributed by atoms with Crippen LogP contribution in [0.25, 0.3) is 0 Å². The predicted octanol–water partition coefficient (Wildman–Crippen LogP) is 1.06. The lowest BCUT2D eigenvalue weighted by Crippen LogP contribution is -2.48. The van der Waals surface area contributed by atoms with Gasteiger partial charge in [0.2, 0.25) is 0 Å². The van der Waals surface area contributed by atoms with Crippen molar-refractivity contribution < 1.29 is 19.4 Å². The SMILES string of the molecule is C#CCC(C)NC(=O)N1CCC(OCCC(=O)O)CC1. The molecule has 6 heteroatoms. The molecule has 0 saturated carbocycles. The maximum absolute atomic E-state index is 11.9. The minimum atomic E-state index is -0.857. The van der Waals surface area contributed by atoms with E-state index >= 15 is 0 Å². The summed E-state index contributed by atoms with van der Waals surface area (Å²) in [5.41, 5.74) is 0. The van der Waals surface area contributed by atoms with Gasteiger partial charge < -0.3 is 20.1 Å². The Morgan fingerprint density at radius 2 is 2.15 bits per heavy atom. The summed E-state index contributed by atoms with van der Waals surface area (Å²) >= 11 is 0. The van der Waals surface area contributed by atoms with Crippen molar-refractivity contribution in [1.29, 1.82) is 0 Å². The van der Waals surface area contributed by atoms with Crippen LogP contribution in [0.4, 0.5) is 4.79 Å². The average Bonchev–Trinajstić information content (AvgIpc) is 2.39. The molecule has 0 aliphatic carbocycles. The van der Waals surface area contributed by atoms with Crippen LogP contribution >= 0.6 is 0 Å². The van der Waals surface area contributed by atoms with Crippen LogP contribution in [0, 0.1) is 12.3 Å². The van der Waals surface area contributed by atoms with E-state index in [1.54, 1.807) is 4.90 Å². The number of nitrogens with one attached hydrogen (secondary N) is 1. The number of carboxylic acids is 1. The topological polar surface area (TPSA) is 78.9 Å². The maximum atomic E-state index is 11.9. The number of piperidine rings is 1. The van der Waals surface area contributed by atoms with E-state index in [4.69, 9.17) is 16.3 Å². The van der Waals surface area contributed by atoms with Gasteiger partial charge in [0.1, 0.15) is 0 Å². The molecule has 1 atom stereocenters. The number of hydrogen-bond acceptors (Lipinski definition) is 3. The fourth-order valence-corrected chi connectivity index (χ4v) is 2.07. The van der Waals surface area contributed by atoms with Gasteiger partial charge in [-0.1, -0.05) is 0 Å². The summed E-state index contributed by atoms with van der Waals surface area (Å²) in [7, 11) is 0. The van der Waals surface area contributed by atoms with E-state index in [0.29, 0.717) is 19.5 Å². The highest BCUT2D eigenvalue weighted by molar-refractivity contribution is 5.74. The Bertz CT molecular complexity index is 370. The van der Waals surface area contributed by atoms with E-state index in [9.17, 15) is 9.59 Å². The van der Waals surface area contributed by atoms with E-state index < -0.39 is 5.97 Å². The van der Waals surface area contributed by atoms with Gasteiger partial charge in [-0.3, -0.25) is 4.79 Å². The summed E-state index contributed by atoms with van der Waals surface area (Å²) in [5, 5.41) is 11.4. The molecule has 1 fully saturated rings. The first kappa shape index (κ1) is 16.3. The lowest BCUT2D eigenvalue weighted by Gasteiger charge is -2.32. The second kappa shape index (κ2) is 8.43. The molecule has 6 nitrogen and oxygen atoms in total. The third kappa shape index (κ3) is 5.93. The number of likely N-dealkylation sites (tertiary alicyclic amines) is 1. The van der Waals surface area contributed by atoms with Crippen LogP contribution in [0.15, 0.2) is 0 Å². The third-order valence-electron chi connectivity index (χ3n) is 3.19. The second-order valence-corrected chi connectivity index (χ2v) is 4.96. The molecule has 1 unspecified atom stereocenters. The molecule has 1 saturated heterocycles. The molecular formula is C14H22N2O4. The largest absolute Gasteiger partial charge is 0.481 e. The normalized spacial score (nSPS) is 17.3. The quantitative estimate of drug-likeness (QED) is 0.714. The fourth-order valence-electron chi connectivity index (χ4n) is 2.07. The van der Waals surface area contributed by atoms with Crippen LogP contribution < -0.4 is 5.32 Å². The summed E-state index contributed by atoms with van der Waals surface area (Å²) in [4.78, 5) is 24.0. The highest BCUT2D eigenvalue weighted by Gasteiger charge is 2.23. The highest BCUT2D eigenvalue weighted by Crippen LogP contribution is 2.14. The Labute approximate surface area is 119 Å². The Morgan fingerprint density at radius 1 is 1.50 bits per heavy atom. The maximum Gasteiger partial charge on any atom is 0.317 e. The molecule has 0 radical (unpaired) electrons. The van der Waals surface area contributed by atoms with E-state index in [-0.39, 0.29) is 31.2 Å². The molecular weight excluding hydrogens is 260 g/mol. The Hall–Kier alpha value is -1.74. The molecule has 2 amide bonds. The van der Waals surface area contributed by atoms with Crippen molar-refractivity contribution in [1.82, 2.24) is 10.2 Å². The molecule has 1 aliphatic rings. The molecule has 112 valence electrons. The van der Waals surface area contributed by atoms with E-state index in [2.05, 4.69) is 11.2 Å². The van der Waals surface area contributed by atoms with E-state index in [1.165, 1.54) is 0 Å². The van der Waals surface area contributed by atoms with Gasteiger partial charge in [-0.15, -0.1) is 12.3 Å². The van der Waals surface area contributed by atoms with E-state index in [1.807, 2.05) is 6.92 Å². The van der Waals surface area contributed by atoms with Crippen LogP contribution in [0.1, 0.15) is 32.6 Å². The number of amides is 2. The zero-order valence-electron chi connectivity index (χ0n) is 11.8. The van der Waals surface area contributed by atoms with E-state index in [0.717, 1.165) is 12.8 Å². The molecule has 0 aromatic heterocycles. The average molecular weight is 282 g/mol. The van der Waals surface area contributed by atoms with Crippen molar-refractivity contribution in [2.75, 3.05) is 19.7 Å². The number of aliphatic carboxylic acids is 1. The van der Waals surface area contributed by atoms with Gasteiger partial charge in [0, 0.05) is 25.6 Å². The number of carbonyl (C=O) groups excluding carboxylic acids is 1. The molecule has 0 bridgehead atoms. The Kier molecular flexibility index (Phi) is 6.88. The van der Waals surface area contributed by atoms with Crippen LogP contribution in [0.3, 0.4) is 0 Å². The van der Waals surface area contributed by atoms with Gasteiger partial charge in [-0.2, -0.15) is 0 Å². The Morgan fingerprint density at radius 3 is 2.70 bits per heavy atom. The monoisotopic (exact) mass is 282 g/mol. The molecule has 2 N–H and O–H groups in total. The van der Waals surface area contributed by atoms with Gasteiger partial charge in [-0.05, 0) is 19.8 Å². The third-order valence-corrected chi connectivity index (χ3v) is 3.19. The van der Waals surface area contributed by atoms with Crippen LogP contribution in [0.5, 0.6) is 0 Å². The van der Waals surface area contributed by atoms with Crippen molar-refractivity contribution in [2.24, 2.45) is 0 Å².